The average Bonchev–Trinajstić information content (AvgIpc) is 2.48. The van der Waals surface area contributed by atoms with Crippen LogP contribution in [0.15, 0.2) is 48.5 Å². The summed E-state index contributed by atoms with van der Waals surface area (Å²) in [5.41, 5.74) is 2.21. The number of benzene rings is 2. The summed E-state index contributed by atoms with van der Waals surface area (Å²) in [5, 5.41) is 1.40. The molecule has 0 aliphatic rings. The van der Waals surface area contributed by atoms with E-state index in [9.17, 15) is 4.39 Å². The molecule has 0 saturated heterocycles. The van der Waals surface area contributed by atoms with Crippen LogP contribution in [0.5, 0.6) is 5.75 Å². The fourth-order valence-electron chi connectivity index (χ4n) is 2.06. The highest BCUT2D eigenvalue weighted by molar-refractivity contribution is 6.30. The standard InChI is InChI=1S/C17H13ClFNO/c1-11-6-7-14(9-15(11)19)21-10-13-8-12-4-2-3-5-16(12)20-17(13)18/h2-9H,10H2,1H3. The molecule has 0 fully saturated rings. The number of rotatable bonds is 3. The molecule has 0 unspecified atom stereocenters. The highest BCUT2D eigenvalue weighted by Crippen LogP contribution is 2.23. The van der Waals surface area contributed by atoms with Gasteiger partial charge in [-0.3, -0.25) is 0 Å². The number of hydrogen-bond acceptors (Lipinski definition) is 2. The van der Waals surface area contributed by atoms with E-state index in [0.29, 0.717) is 16.5 Å². The predicted molar refractivity (Wildman–Crippen MR) is 82.2 cm³/mol. The molecule has 0 saturated carbocycles. The van der Waals surface area contributed by atoms with Crippen LogP contribution in [0.2, 0.25) is 5.15 Å². The lowest BCUT2D eigenvalue weighted by Crippen LogP contribution is -1.99. The van der Waals surface area contributed by atoms with E-state index in [4.69, 9.17) is 16.3 Å². The SMILES string of the molecule is Cc1ccc(OCc2cc3ccccc3nc2Cl)cc1F. The van der Waals surface area contributed by atoms with Crippen LogP contribution in [0.4, 0.5) is 4.39 Å². The zero-order valence-corrected chi connectivity index (χ0v) is 12.2. The van der Waals surface area contributed by atoms with Gasteiger partial charge in [-0.05, 0) is 30.7 Å². The first-order valence-electron chi connectivity index (χ1n) is 6.56. The van der Waals surface area contributed by atoms with Crippen molar-refractivity contribution < 1.29 is 9.13 Å². The van der Waals surface area contributed by atoms with Crippen LogP contribution in [0.25, 0.3) is 10.9 Å². The highest BCUT2D eigenvalue weighted by atomic mass is 35.5. The molecule has 3 rings (SSSR count). The van der Waals surface area contributed by atoms with Crippen molar-refractivity contribution in [2.45, 2.75) is 13.5 Å². The van der Waals surface area contributed by atoms with Gasteiger partial charge in [-0.2, -0.15) is 0 Å². The Bertz CT molecular complexity index is 804. The molecular formula is C17H13ClFNO. The zero-order chi connectivity index (χ0) is 14.8. The summed E-state index contributed by atoms with van der Waals surface area (Å²) >= 11 is 6.16. The van der Waals surface area contributed by atoms with E-state index >= 15 is 0 Å². The molecule has 2 aromatic carbocycles. The number of fused-ring (bicyclic) bond motifs is 1. The van der Waals surface area contributed by atoms with Gasteiger partial charge in [0.1, 0.15) is 23.3 Å². The lowest BCUT2D eigenvalue weighted by atomic mass is 10.2. The van der Waals surface area contributed by atoms with Gasteiger partial charge in [-0.1, -0.05) is 35.9 Å². The molecule has 2 nitrogen and oxygen atoms in total. The minimum absolute atomic E-state index is 0.249. The van der Waals surface area contributed by atoms with Crippen molar-refractivity contribution in [3.63, 3.8) is 0 Å². The van der Waals surface area contributed by atoms with Gasteiger partial charge >= 0.3 is 0 Å². The molecule has 3 aromatic rings. The number of aromatic nitrogens is 1. The number of ether oxygens (including phenoxy) is 1. The Labute approximate surface area is 127 Å². The molecule has 4 heteroatoms. The molecule has 0 N–H and O–H groups in total. The third kappa shape index (κ3) is 2.98. The number of para-hydroxylation sites is 1. The quantitative estimate of drug-likeness (QED) is 0.641. The summed E-state index contributed by atoms with van der Waals surface area (Å²) in [6.45, 7) is 1.96. The second kappa shape index (κ2) is 5.70. The molecule has 0 amide bonds. The summed E-state index contributed by atoms with van der Waals surface area (Å²) in [5.74, 6) is 0.192. The van der Waals surface area contributed by atoms with Gasteiger partial charge in [0.2, 0.25) is 0 Å². The Morgan fingerprint density at radius 3 is 2.76 bits per heavy atom. The molecule has 1 heterocycles. The van der Waals surface area contributed by atoms with Crippen molar-refractivity contribution >= 4 is 22.5 Å². The minimum Gasteiger partial charge on any atom is -0.489 e. The van der Waals surface area contributed by atoms with E-state index in [0.717, 1.165) is 16.5 Å². The van der Waals surface area contributed by atoms with Gasteiger partial charge < -0.3 is 4.74 Å². The van der Waals surface area contributed by atoms with Gasteiger partial charge in [0.05, 0.1) is 5.52 Å². The van der Waals surface area contributed by atoms with Crippen LogP contribution in [0, 0.1) is 12.7 Å². The first kappa shape index (κ1) is 13.8. The topological polar surface area (TPSA) is 22.1 Å². The lowest BCUT2D eigenvalue weighted by molar-refractivity contribution is 0.304. The third-order valence-electron chi connectivity index (χ3n) is 3.29. The zero-order valence-electron chi connectivity index (χ0n) is 11.4. The van der Waals surface area contributed by atoms with Crippen molar-refractivity contribution in [3.8, 4) is 5.75 Å². The van der Waals surface area contributed by atoms with Gasteiger partial charge in [-0.15, -0.1) is 0 Å². The molecule has 0 atom stereocenters. The summed E-state index contributed by atoms with van der Waals surface area (Å²) in [6.07, 6.45) is 0. The summed E-state index contributed by atoms with van der Waals surface area (Å²) < 4.78 is 19.1. The molecule has 0 radical (unpaired) electrons. The molecule has 21 heavy (non-hydrogen) atoms. The van der Waals surface area contributed by atoms with Crippen molar-refractivity contribution in [2.75, 3.05) is 0 Å². The second-order valence-corrected chi connectivity index (χ2v) is 5.19. The molecule has 0 spiro atoms. The van der Waals surface area contributed by atoms with Crippen molar-refractivity contribution in [2.24, 2.45) is 0 Å². The molecule has 0 aliphatic heterocycles. The average molecular weight is 302 g/mol. The monoisotopic (exact) mass is 301 g/mol. The Kier molecular flexibility index (Phi) is 3.76. The van der Waals surface area contributed by atoms with Crippen LogP contribution in [0.3, 0.4) is 0 Å². The Morgan fingerprint density at radius 2 is 1.95 bits per heavy atom. The predicted octanol–water partition coefficient (Wildman–Crippen LogP) is 4.91. The van der Waals surface area contributed by atoms with Crippen molar-refractivity contribution in [1.82, 2.24) is 4.98 Å². The van der Waals surface area contributed by atoms with Gasteiger partial charge in [-0.25, -0.2) is 9.37 Å². The maximum Gasteiger partial charge on any atom is 0.136 e. The third-order valence-corrected chi connectivity index (χ3v) is 3.61. The number of nitrogens with zero attached hydrogens (tertiary/aromatic N) is 1. The van der Waals surface area contributed by atoms with Crippen LogP contribution >= 0.6 is 11.6 Å². The van der Waals surface area contributed by atoms with E-state index in [1.54, 1.807) is 19.1 Å². The highest BCUT2D eigenvalue weighted by Gasteiger charge is 2.07. The van der Waals surface area contributed by atoms with E-state index in [1.165, 1.54) is 6.07 Å². The largest absolute Gasteiger partial charge is 0.489 e. The Morgan fingerprint density at radius 1 is 1.14 bits per heavy atom. The Hall–Kier alpha value is -2.13. The van der Waals surface area contributed by atoms with Crippen LogP contribution in [-0.4, -0.2) is 4.98 Å². The number of aryl methyl sites for hydroxylation is 1. The van der Waals surface area contributed by atoms with E-state index in [-0.39, 0.29) is 12.4 Å². The first-order valence-corrected chi connectivity index (χ1v) is 6.94. The summed E-state index contributed by atoms with van der Waals surface area (Å²) in [6, 6.07) is 14.5. The lowest BCUT2D eigenvalue weighted by Gasteiger charge is -2.09. The van der Waals surface area contributed by atoms with E-state index < -0.39 is 0 Å². The fraction of sp³-hybridized carbons (Fsp3) is 0.118. The van der Waals surface area contributed by atoms with Crippen LogP contribution in [-0.2, 0) is 6.61 Å². The number of hydrogen-bond donors (Lipinski definition) is 0. The maximum atomic E-state index is 13.5. The first-order chi connectivity index (χ1) is 10.1. The maximum absolute atomic E-state index is 13.5. The van der Waals surface area contributed by atoms with Gasteiger partial charge in [0, 0.05) is 17.0 Å². The van der Waals surface area contributed by atoms with Crippen LogP contribution < -0.4 is 4.74 Å². The van der Waals surface area contributed by atoms with E-state index in [1.807, 2.05) is 30.3 Å². The normalized spacial score (nSPS) is 10.8. The molecule has 0 bridgehead atoms. The van der Waals surface area contributed by atoms with Crippen LogP contribution in [0.1, 0.15) is 11.1 Å². The molecule has 0 aliphatic carbocycles. The summed E-state index contributed by atoms with van der Waals surface area (Å²) in [4.78, 5) is 4.33. The number of halogens is 2. The van der Waals surface area contributed by atoms with E-state index in [2.05, 4.69) is 4.98 Å². The molecular weight excluding hydrogens is 289 g/mol. The van der Waals surface area contributed by atoms with Crippen molar-refractivity contribution in [1.29, 1.82) is 0 Å². The molecule has 106 valence electrons. The smallest absolute Gasteiger partial charge is 0.136 e. The molecule has 1 aromatic heterocycles. The summed E-state index contributed by atoms with van der Waals surface area (Å²) in [7, 11) is 0. The van der Waals surface area contributed by atoms with Gasteiger partial charge in [0.15, 0.2) is 0 Å². The fourth-order valence-corrected chi connectivity index (χ4v) is 2.26. The minimum atomic E-state index is -0.282. The number of pyridine rings is 1. The van der Waals surface area contributed by atoms with Gasteiger partial charge in [0.25, 0.3) is 0 Å². The second-order valence-electron chi connectivity index (χ2n) is 4.83. The Balaban J connectivity index is 1.84. The van der Waals surface area contributed by atoms with Crippen molar-refractivity contribution in [3.05, 3.63) is 70.6 Å².